The minimum Gasteiger partial charge on any atom is -0.478 e. The van der Waals surface area contributed by atoms with Crippen LogP contribution in [-0.2, 0) is 6.54 Å². The standard InChI is InChI=1S/C16H18FNO2S/c1-10(2)15(14-4-3-7-21-14)18-9-12-8-11(16(19)20)5-6-13(12)17/h3-8,10,15,18H,9H2,1-2H3,(H,19,20). The first-order valence-corrected chi connectivity index (χ1v) is 7.65. The maximum atomic E-state index is 13.8. The van der Waals surface area contributed by atoms with E-state index in [4.69, 9.17) is 5.11 Å². The fraction of sp³-hybridized carbons (Fsp3) is 0.312. The molecule has 2 N–H and O–H groups in total. The molecule has 1 aromatic carbocycles. The number of rotatable bonds is 6. The van der Waals surface area contributed by atoms with Crippen LogP contribution in [0.2, 0.25) is 0 Å². The van der Waals surface area contributed by atoms with E-state index in [1.807, 2.05) is 17.5 Å². The van der Waals surface area contributed by atoms with Crippen LogP contribution < -0.4 is 5.32 Å². The highest BCUT2D eigenvalue weighted by Crippen LogP contribution is 2.26. The number of halogens is 1. The van der Waals surface area contributed by atoms with Crippen molar-refractivity contribution in [2.75, 3.05) is 0 Å². The lowest BCUT2D eigenvalue weighted by Gasteiger charge is -2.21. The maximum Gasteiger partial charge on any atom is 0.335 e. The van der Waals surface area contributed by atoms with Gasteiger partial charge in [-0.25, -0.2) is 9.18 Å². The van der Waals surface area contributed by atoms with Gasteiger partial charge in [0.1, 0.15) is 5.82 Å². The Morgan fingerprint density at radius 2 is 2.14 bits per heavy atom. The molecule has 0 radical (unpaired) electrons. The third-order valence-electron chi connectivity index (χ3n) is 3.32. The van der Waals surface area contributed by atoms with E-state index >= 15 is 0 Å². The second kappa shape index (κ2) is 6.83. The van der Waals surface area contributed by atoms with Crippen molar-refractivity contribution in [1.82, 2.24) is 5.32 Å². The van der Waals surface area contributed by atoms with Crippen LogP contribution in [0.25, 0.3) is 0 Å². The summed E-state index contributed by atoms with van der Waals surface area (Å²) in [6, 6.07) is 8.03. The molecule has 0 amide bonds. The minimum atomic E-state index is -1.05. The zero-order valence-corrected chi connectivity index (χ0v) is 12.8. The average Bonchev–Trinajstić information content (AvgIpc) is 2.94. The normalized spacial score (nSPS) is 12.6. The molecule has 0 aliphatic rings. The number of carboxylic acids is 1. The van der Waals surface area contributed by atoms with Crippen molar-refractivity contribution in [3.05, 3.63) is 57.5 Å². The summed E-state index contributed by atoms with van der Waals surface area (Å²) in [5.41, 5.74) is 0.475. The zero-order valence-electron chi connectivity index (χ0n) is 12.0. The summed E-state index contributed by atoms with van der Waals surface area (Å²) in [6.07, 6.45) is 0. The summed E-state index contributed by atoms with van der Waals surface area (Å²) in [6.45, 7) is 4.50. The van der Waals surface area contributed by atoms with Crippen LogP contribution >= 0.6 is 11.3 Å². The maximum absolute atomic E-state index is 13.8. The number of nitrogens with one attached hydrogen (secondary N) is 1. The van der Waals surface area contributed by atoms with Gasteiger partial charge in [-0.1, -0.05) is 19.9 Å². The Kier molecular flexibility index (Phi) is 5.09. The first kappa shape index (κ1) is 15.7. The molecular weight excluding hydrogens is 289 g/mol. The van der Waals surface area contributed by atoms with Crippen LogP contribution in [0.3, 0.4) is 0 Å². The Morgan fingerprint density at radius 1 is 1.38 bits per heavy atom. The average molecular weight is 307 g/mol. The molecule has 1 heterocycles. The topological polar surface area (TPSA) is 49.3 Å². The molecule has 2 rings (SSSR count). The zero-order chi connectivity index (χ0) is 15.4. The molecule has 5 heteroatoms. The van der Waals surface area contributed by atoms with E-state index < -0.39 is 5.97 Å². The molecule has 0 aliphatic heterocycles. The predicted molar refractivity (Wildman–Crippen MR) is 82.1 cm³/mol. The van der Waals surface area contributed by atoms with Gasteiger partial charge < -0.3 is 10.4 Å². The molecule has 112 valence electrons. The second-order valence-corrected chi connectivity index (χ2v) is 6.21. The molecule has 1 aromatic heterocycles. The minimum absolute atomic E-state index is 0.102. The summed E-state index contributed by atoms with van der Waals surface area (Å²) in [4.78, 5) is 12.2. The lowest BCUT2D eigenvalue weighted by Crippen LogP contribution is -2.25. The Bertz CT molecular complexity index is 611. The summed E-state index contributed by atoms with van der Waals surface area (Å²) >= 11 is 1.66. The number of hydrogen-bond donors (Lipinski definition) is 2. The monoisotopic (exact) mass is 307 g/mol. The predicted octanol–water partition coefficient (Wildman–Crippen LogP) is 4.07. The fourth-order valence-electron chi connectivity index (χ4n) is 2.20. The third-order valence-corrected chi connectivity index (χ3v) is 4.28. The molecule has 0 fully saturated rings. The van der Waals surface area contributed by atoms with Crippen LogP contribution in [0, 0.1) is 11.7 Å². The van der Waals surface area contributed by atoms with Crippen molar-refractivity contribution in [3.63, 3.8) is 0 Å². The van der Waals surface area contributed by atoms with E-state index in [1.54, 1.807) is 11.3 Å². The number of thiophene rings is 1. The van der Waals surface area contributed by atoms with Gasteiger partial charge in [-0.2, -0.15) is 0 Å². The molecule has 0 bridgehead atoms. The Morgan fingerprint density at radius 3 is 2.71 bits per heavy atom. The molecule has 3 nitrogen and oxygen atoms in total. The summed E-state index contributed by atoms with van der Waals surface area (Å²) in [5.74, 6) is -1.08. The molecule has 0 saturated carbocycles. The van der Waals surface area contributed by atoms with Crippen LogP contribution in [-0.4, -0.2) is 11.1 Å². The van der Waals surface area contributed by atoms with Gasteiger partial charge in [0.2, 0.25) is 0 Å². The van der Waals surface area contributed by atoms with Gasteiger partial charge in [0, 0.05) is 23.0 Å². The van der Waals surface area contributed by atoms with E-state index in [9.17, 15) is 9.18 Å². The van der Waals surface area contributed by atoms with Crippen LogP contribution in [0.5, 0.6) is 0 Å². The van der Waals surface area contributed by atoms with E-state index in [0.717, 1.165) is 0 Å². The van der Waals surface area contributed by atoms with Gasteiger partial charge in [0.15, 0.2) is 0 Å². The van der Waals surface area contributed by atoms with Crippen molar-refractivity contribution < 1.29 is 14.3 Å². The van der Waals surface area contributed by atoms with Crippen molar-refractivity contribution in [2.45, 2.75) is 26.4 Å². The number of hydrogen-bond acceptors (Lipinski definition) is 3. The lowest BCUT2D eigenvalue weighted by atomic mass is 10.0. The highest BCUT2D eigenvalue weighted by Gasteiger charge is 2.17. The Labute approximate surface area is 127 Å². The smallest absolute Gasteiger partial charge is 0.335 e. The first-order valence-electron chi connectivity index (χ1n) is 6.77. The fourth-order valence-corrected chi connectivity index (χ4v) is 3.17. The summed E-state index contributed by atoms with van der Waals surface area (Å²) < 4.78 is 13.8. The highest BCUT2D eigenvalue weighted by atomic mass is 32.1. The largest absolute Gasteiger partial charge is 0.478 e. The van der Waals surface area contributed by atoms with Gasteiger partial charge in [-0.3, -0.25) is 0 Å². The quantitative estimate of drug-likeness (QED) is 0.845. The number of aromatic carboxylic acids is 1. The first-order chi connectivity index (χ1) is 9.99. The van der Waals surface area contributed by atoms with Gasteiger partial charge in [-0.05, 0) is 35.6 Å². The molecule has 2 aromatic rings. The molecule has 0 spiro atoms. The van der Waals surface area contributed by atoms with Crippen LogP contribution in [0.1, 0.15) is 40.7 Å². The Hall–Kier alpha value is -1.72. The molecule has 1 atom stereocenters. The van der Waals surface area contributed by atoms with E-state index in [2.05, 4.69) is 19.2 Å². The van der Waals surface area contributed by atoms with Crippen LogP contribution in [0.4, 0.5) is 4.39 Å². The highest BCUT2D eigenvalue weighted by molar-refractivity contribution is 7.10. The molecule has 1 unspecified atom stereocenters. The van der Waals surface area contributed by atoms with E-state index in [1.165, 1.54) is 23.1 Å². The number of carboxylic acid groups (broad SMARTS) is 1. The van der Waals surface area contributed by atoms with Gasteiger partial charge in [0.25, 0.3) is 0 Å². The van der Waals surface area contributed by atoms with Crippen molar-refractivity contribution in [2.24, 2.45) is 5.92 Å². The molecular formula is C16H18FNO2S. The molecule has 0 saturated heterocycles. The second-order valence-electron chi connectivity index (χ2n) is 5.23. The van der Waals surface area contributed by atoms with Crippen molar-refractivity contribution >= 4 is 17.3 Å². The Balaban J connectivity index is 2.14. The van der Waals surface area contributed by atoms with Crippen molar-refractivity contribution in [1.29, 1.82) is 0 Å². The lowest BCUT2D eigenvalue weighted by molar-refractivity contribution is 0.0696. The summed E-state index contributed by atoms with van der Waals surface area (Å²) in [5, 5.41) is 14.3. The number of carbonyl (C=O) groups is 1. The molecule has 0 aliphatic carbocycles. The SMILES string of the molecule is CC(C)C(NCc1cc(C(=O)O)ccc1F)c1cccs1. The van der Waals surface area contributed by atoms with Crippen LogP contribution in [0.15, 0.2) is 35.7 Å². The molecule has 21 heavy (non-hydrogen) atoms. The van der Waals surface area contributed by atoms with Gasteiger partial charge in [-0.15, -0.1) is 11.3 Å². The van der Waals surface area contributed by atoms with E-state index in [0.29, 0.717) is 18.0 Å². The number of benzene rings is 1. The third kappa shape index (κ3) is 3.89. The summed E-state index contributed by atoms with van der Waals surface area (Å²) in [7, 11) is 0. The van der Waals surface area contributed by atoms with Crippen molar-refractivity contribution in [3.8, 4) is 0 Å². The van der Waals surface area contributed by atoms with Gasteiger partial charge in [0.05, 0.1) is 5.56 Å². The van der Waals surface area contributed by atoms with E-state index in [-0.39, 0.29) is 17.4 Å². The van der Waals surface area contributed by atoms with Gasteiger partial charge >= 0.3 is 5.97 Å².